The largest absolute Gasteiger partial charge is 0.416 e. The van der Waals surface area contributed by atoms with Crippen molar-refractivity contribution in [1.29, 1.82) is 0 Å². The van der Waals surface area contributed by atoms with Crippen molar-refractivity contribution >= 4 is 27.5 Å². The molecule has 39 heavy (non-hydrogen) atoms. The molecule has 0 aliphatic rings. The Morgan fingerprint density at radius 3 is 1.77 bits per heavy atom. The molecule has 2 nitrogen and oxygen atoms in total. The number of benzene rings is 3. The van der Waals surface area contributed by atoms with E-state index in [1.165, 1.54) is 12.3 Å². The highest BCUT2D eigenvalue weighted by Gasteiger charge is 2.37. The highest BCUT2D eigenvalue weighted by atomic mass is 79.9. The summed E-state index contributed by atoms with van der Waals surface area (Å²) in [7, 11) is 0. The maximum atomic E-state index is 14.0. The quantitative estimate of drug-likeness (QED) is 0.227. The Bertz CT molecular complexity index is 1390. The second-order valence-corrected chi connectivity index (χ2v) is 9.73. The number of hydrogen-bond donors (Lipinski definition) is 1. The van der Waals surface area contributed by atoms with E-state index in [4.69, 9.17) is 17.3 Å². The predicted molar refractivity (Wildman–Crippen MR) is 135 cm³/mol. The lowest BCUT2D eigenvalue weighted by Gasteiger charge is -2.30. The Morgan fingerprint density at radius 2 is 1.26 bits per heavy atom. The highest BCUT2D eigenvalue weighted by molar-refractivity contribution is 9.10. The van der Waals surface area contributed by atoms with Crippen LogP contribution in [0.2, 0.25) is 5.02 Å². The molecule has 0 saturated carbocycles. The van der Waals surface area contributed by atoms with Crippen molar-refractivity contribution in [3.63, 3.8) is 0 Å². The van der Waals surface area contributed by atoms with Gasteiger partial charge < -0.3 is 5.73 Å². The van der Waals surface area contributed by atoms with Crippen molar-refractivity contribution in [3.05, 3.63) is 134 Å². The molecule has 0 bridgehead atoms. The fourth-order valence-electron chi connectivity index (χ4n) is 3.63. The third-order valence-electron chi connectivity index (χ3n) is 5.44. The van der Waals surface area contributed by atoms with E-state index in [0.29, 0.717) is 17.2 Å². The summed E-state index contributed by atoms with van der Waals surface area (Å²) in [5, 5.41) is 0.357. The molecule has 0 aliphatic heterocycles. The molecular weight excluding hydrogens is 620 g/mol. The van der Waals surface area contributed by atoms with Crippen LogP contribution < -0.4 is 5.73 Å². The van der Waals surface area contributed by atoms with Gasteiger partial charge in [0.25, 0.3) is 0 Å². The third-order valence-corrected chi connectivity index (χ3v) is 6.12. The van der Waals surface area contributed by atoms with E-state index in [2.05, 4.69) is 20.9 Å². The predicted octanol–water partition coefficient (Wildman–Crippen LogP) is 8.94. The summed E-state index contributed by atoms with van der Waals surface area (Å²) in [5.74, 6) is -1.92. The summed E-state index contributed by atoms with van der Waals surface area (Å²) >= 11 is 8.63. The minimum atomic E-state index is -4.70. The zero-order valence-corrected chi connectivity index (χ0v) is 21.9. The van der Waals surface area contributed by atoms with Crippen molar-refractivity contribution in [3.8, 4) is 0 Å². The minimum Gasteiger partial charge on any atom is -0.316 e. The van der Waals surface area contributed by atoms with E-state index in [1.54, 1.807) is 30.3 Å². The second kappa shape index (κ2) is 12.0. The fourth-order valence-corrected chi connectivity index (χ4v) is 4.20. The van der Waals surface area contributed by atoms with Gasteiger partial charge in [-0.15, -0.1) is 0 Å². The van der Waals surface area contributed by atoms with Gasteiger partial charge in [-0.05, 0) is 59.7 Å². The van der Waals surface area contributed by atoms with E-state index in [1.807, 2.05) is 6.07 Å². The molecular formula is C27H18BrClF8N2. The van der Waals surface area contributed by atoms with Gasteiger partial charge in [-0.2, -0.15) is 26.3 Å². The first-order valence-corrected chi connectivity index (χ1v) is 12.1. The van der Waals surface area contributed by atoms with Gasteiger partial charge in [0.05, 0.1) is 27.4 Å². The Labute approximate surface area is 231 Å². The lowest BCUT2D eigenvalue weighted by Crippen LogP contribution is -2.41. The average Bonchev–Trinajstić information content (AvgIpc) is 2.83. The minimum absolute atomic E-state index is 0.0199. The van der Waals surface area contributed by atoms with Crippen LogP contribution in [0.4, 0.5) is 35.1 Å². The molecule has 206 valence electrons. The number of alkyl halides is 6. The lowest BCUT2D eigenvalue weighted by atomic mass is 9.81. The molecule has 0 radical (unpaired) electrons. The van der Waals surface area contributed by atoms with E-state index < -0.39 is 40.7 Å². The molecule has 1 unspecified atom stereocenters. The molecule has 1 atom stereocenters. The second-order valence-electron chi connectivity index (χ2n) is 8.38. The van der Waals surface area contributed by atoms with Crippen LogP contribution in [0.3, 0.4) is 0 Å². The molecule has 0 fully saturated rings. The van der Waals surface area contributed by atoms with Crippen LogP contribution in [-0.4, -0.2) is 4.98 Å². The van der Waals surface area contributed by atoms with Crippen LogP contribution in [0.15, 0.2) is 89.5 Å². The molecule has 0 aliphatic carbocycles. The van der Waals surface area contributed by atoms with Gasteiger partial charge >= 0.3 is 12.4 Å². The number of aromatic nitrogens is 1. The molecule has 1 heterocycles. The molecule has 1 aromatic heterocycles. The first kappa shape index (κ1) is 30.5. The Balaban J connectivity index is 0.000000293. The molecule has 0 saturated heterocycles. The van der Waals surface area contributed by atoms with Crippen molar-refractivity contribution < 1.29 is 35.1 Å². The van der Waals surface area contributed by atoms with Crippen molar-refractivity contribution in [2.24, 2.45) is 5.73 Å². The molecule has 4 rings (SSSR count). The monoisotopic (exact) mass is 636 g/mol. The van der Waals surface area contributed by atoms with Crippen molar-refractivity contribution in [2.45, 2.75) is 24.3 Å². The molecule has 12 heteroatoms. The Morgan fingerprint density at radius 1 is 0.718 bits per heavy atom. The summed E-state index contributed by atoms with van der Waals surface area (Å²) in [6.45, 7) is 0. The Kier molecular flexibility index (Phi) is 9.40. The zero-order chi connectivity index (χ0) is 29.0. The Hall–Kier alpha value is -3.02. The normalized spacial score (nSPS) is 13.3. The van der Waals surface area contributed by atoms with Crippen LogP contribution >= 0.6 is 27.5 Å². The lowest BCUT2D eigenvalue weighted by molar-refractivity contribution is -0.138. The van der Waals surface area contributed by atoms with Crippen LogP contribution in [0.1, 0.15) is 27.9 Å². The smallest absolute Gasteiger partial charge is 0.316 e. The SMILES string of the molecule is Fc1cc(Br)cc(C(F)(F)F)c1.NC(Cc1ccccc1)(c1cc(F)cc(C(F)(F)F)c1)c1ccc(Cl)cn1. The van der Waals surface area contributed by atoms with E-state index in [0.717, 1.165) is 29.8 Å². The summed E-state index contributed by atoms with van der Waals surface area (Å²) in [6.07, 6.45) is -7.71. The van der Waals surface area contributed by atoms with Gasteiger partial charge in [-0.3, -0.25) is 4.98 Å². The van der Waals surface area contributed by atoms with E-state index in [9.17, 15) is 35.1 Å². The summed E-state index contributed by atoms with van der Waals surface area (Å²) in [6, 6.07) is 16.6. The zero-order valence-electron chi connectivity index (χ0n) is 19.6. The number of nitrogens with zero attached hydrogens (tertiary/aromatic N) is 1. The number of rotatable bonds is 4. The average molecular weight is 638 g/mol. The van der Waals surface area contributed by atoms with Gasteiger partial charge in [0.1, 0.15) is 11.6 Å². The maximum Gasteiger partial charge on any atom is 0.416 e. The topological polar surface area (TPSA) is 38.9 Å². The van der Waals surface area contributed by atoms with Crippen molar-refractivity contribution in [2.75, 3.05) is 0 Å². The van der Waals surface area contributed by atoms with Gasteiger partial charge in [0.2, 0.25) is 0 Å². The van der Waals surface area contributed by atoms with Gasteiger partial charge in [0, 0.05) is 17.1 Å². The van der Waals surface area contributed by atoms with Gasteiger partial charge in [-0.1, -0.05) is 57.9 Å². The summed E-state index contributed by atoms with van der Waals surface area (Å²) in [4.78, 5) is 4.18. The number of pyridine rings is 1. The first-order chi connectivity index (χ1) is 18.1. The maximum absolute atomic E-state index is 14.0. The highest BCUT2D eigenvalue weighted by Crippen LogP contribution is 2.36. The molecule has 2 N–H and O–H groups in total. The van der Waals surface area contributed by atoms with Crippen LogP contribution in [-0.2, 0) is 24.3 Å². The molecule has 3 aromatic carbocycles. The number of nitrogens with two attached hydrogens (primary N) is 1. The van der Waals surface area contributed by atoms with E-state index >= 15 is 0 Å². The third kappa shape index (κ3) is 8.23. The number of halogens is 10. The van der Waals surface area contributed by atoms with E-state index in [-0.39, 0.29) is 22.2 Å². The van der Waals surface area contributed by atoms with Crippen LogP contribution in [0, 0.1) is 11.6 Å². The van der Waals surface area contributed by atoms with Crippen LogP contribution in [0.25, 0.3) is 0 Å². The number of hydrogen-bond acceptors (Lipinski definition) is 2. The first-order valence-electron chi connectivity index (χ1n) is 10.9. The molecule has 4 aromatic rings. The fraction of sp³-hybridized carbons (Fsp3) is 0.148. The van der Waals surface area contributed by atoms with Crippen LogP contribution in [0.5, 0.6) is 0 Å². The van der Waals surface area contributed by atoms with Crippen molar-refractivity contribution in [1.82, 2.24) is 4.98 Å². The summed E-state index contributed by atoms with van der Waals surface area (Å²) in [5.41, 5.74) is 4.03. The standard InChI is InChI=1S/C20H15ClF4N2.C7H3BrF4/c21-16-6-7-18(27-12-16)19(26,11-13-4-2-1-3-5-13)14-8-15(20(23,24)25)10-17(22)9-14;8-5-1-4(7(10,11)12)2-6(9)3-5/h1-10,12H,11,26H2;1-3H. The van der Waals surface area contributed by atoms with Gasteiger partial charge in [0.15, 0.2) is 0 Å². The molecule has 0 spiro atoms. The van der Waals surface area contributed by atoms with Gasteiger partial charge in [-0.25, -0.2) is 8.78 Å². The molecule has 0 amide bonds. The summed E-state index contributed by atoms with van der Waals surface area (Å²) < 4.78 is 102.